The Morgan fingerprint density at radius 2 is 2.33 bits per heavy atom. The summed E-state index contributed by atoms with van der Waals surface area (Å²) in [7, 11) is 0. The van der Waals surface area contributed by atoms with E-state index in [1.54, 1.807) is 6.26 Å². The summed E-state index contributed by atoms with van der Waals surface area (Å²) in [5, 5.41) is 0. The molecule has 1 aliphatic heterocycles. The highest BCUT2D eigenvalue weighted by molar-refractivity contribution is 4.78. The second-order valence-corrected chi connectivity index (χ2v) is 1.03. The minimum atomic E-state index is 0. The topological polar surface area (TPSA) is 9.23 Å². The molecule has 0 fully saturated rings. The van der Waals surface area contributed by atoms with Crippen LogP contribution in [0.4, 0.5) is 4.70 Å². The first kappa shape index (κ1) is 5.47. The lowest BCUT2D eigenvalue weighted by molar-refractivity contribution is 0.281. The first-order valence-electron chi connectivity index (χ1n) is 1.77. The average Bonchev–Trinajstić information content (AvgIpc) is 1.76. The molecule has 1 nitrogen and oxygen atoms in total. The molecule has 0 atom stereocenters. The van der Waals surface area contributed by atoms with E-state index in [0.29, 0.717) is 0 Å². The van der Waals surface area contributed by atoms with Crippen molar-refractivity contribution in [3.05, 3.63) is 12.3 Å². The predicted molar refractivity (Wildman–Crippen MR) is 22.2 cm³/mol. The molecule has 0 spiro atoms. The summed E-state index contributed by atoms with van der Waals surface area (Å²) in [6.07, 6.45) is 4.85. The Bertz CT molecular complexity index is 45.5. The van der Waals surface area contributed by atoms with Gasteiger partial charge in [0.15, 0.2) is 0 Å². The SMILES string of the molecule is C1=COCC1.F. The van der Waals surface area contributed by atoms with Crippen LogP contribution in [-0.4, -0.2) is 6.61 Å². The van der Waals surface area contributed by atoms with Crippen molar-refractivity contribution < 1.29 is 9.44 Å². The van der Waals surface area contributed by atoms with Gasteiger partial charge < -0.3 is 4.74 Å². The van der Waals surface area contributed by atoms with E-state index in [1.807, 2.05) is 6.08 Å². The zero-order valence-corrected chi connectivity index (χ0v) is 3.39. The van der Waals surface area contributed by atoms with Gasteiger partial charge in [0.05, 0.1) is 12.9 Å². The third-order valence-electron chi connectivity index (χ3n) is 0.595. The maximum absolute atomic E-state index is 4.76. The molecule has 0 aromatic carbocycles. The van der Waals surface area contributed by atoms with E-state index < -0.39 is 0 Å². The van der Waals surface area contributed by atoms with Crippen molar-refractivity contribution in [1.29, 1.82) is 0 Å². The Hall–Kier alpha value is -0.530. The molecule has 1 rings (SSSR count). The van der Waals surface area contributed by atoms with Crippen LogP contribution in [0.25, 0.3) is 0 Å². The van der Waals surface area contributed by atoms with Gasteiger partial charge in [-0.3, -0.25) is 4.70 Å². The predicted octanol–water partition coefficient (Wildman–Crippen LogP) is 1.07. The Morgan fingerprint density at radius 1 is 1.50 bits per heavy atom. The summed E-state index contributed by atoms with van der Waals surface area (Å²) in [5.74, 6) is 0. The quantitative estimate of drug-likeness (QED) is 0.432. The van der Waals surface area contributed by atoms with Crippen molar-refractivity contribution in [3.8, 4) is 0 Å². The molecule has 0 unspecified atom stereocenters. The van der Waals surface area contributed by atoms with E-state index in [0.717, 1.165) is 13.0 Å². The van der Waals surface area contributed by atoms with Crippen molar-refractivity contribution in [2.45, 2.75) is 6.42 Å². The lowest BCUT2D eigenvalue weighted by Crippen LogP contribution is -1.70. The van der Waals surface area contributed by atoms with Gasteiger partial charge >= 0.3 is 0 Å². The van der Waals surface area contributed by atoms with Crippen LogP contribution in [0.15, 0.2) is 12.3 Å². The van der Waals surface area contributed by atoms with E-state index in [9.17, 15) is 0 Å². The van der Waals surface area contributed by atoms with Crippen LogP contribution in [0.1, 0.15) is 6.42 Å². The van der Waals surface area contributed by atoms with Gasteiger partial charge in [0.1, 0.15) is 0 Å². The highest BCUT2D eigenvalue weighted by Gasteiger charge is 1.83. The van der Waals surface area contributed by atoms with Gasteiger partial charge in [-0.05, 0) is 6.08 Å². The Kier molecular flexibility index (Phi) is 2.46. The zero-order chi connectivity index (χ0) is 3.54. The van der Waals surface area contributed by atoms with Gasteiger partial charge in [-0.15, -0.1) is 0 Å². The molecule has 1 aliphatic rings. The van der Waals surface area contributed by atoms with Crippen LogP contribution >= 0.6 is 0 Å². The van der Waals surface area contributed by atoms with E-state index in [4.69, 9.17) is 4.74 Å². The fourth-order valence-corrected chi connectivity index (χ4v) is 0.340. The summed E-state index contributed by atoms with van der Waals surface area (Å²) >= 11 is 0. The monoisotopic (exact) mass is 90.0 g/mol. The van der Waals surface area contributed by atoms with E-state index in [-0.39, 0.29) is 4.70 Å². The Balaban J connectivity index is 0.000000250. The van der Waals surface area contributed by atoms with Gasteiger partial charge in [-0.1, -0.05) is 0 Å². The molecule has 0 aromatic rings. The fraction of sp³-hybridized carbons (Fsp3) is 0.500. The molecule has 0 aliphatic carbocycles. The summed E-state index contributed by atoms with van der Waals surface area (Å²) in [6.45, 7) is 0.889. The molecule has 2 heteroatoms. The van der Waals surface area contributed by atoms with Crippen molar-refractivity contribution in [2.24, 2.45) is 0 Å². The van der Waals surface area contributed by atoms with Crippen molar-refractivity contribution >= 4 is 0 Å². The fourth-order valence-electron chi connectivity index (χ4n) is 0.340. The molecule has 0 saturated heterocycles. The third kappa shape index (κ3) is 1.06. The first-order valence-corrected chi connectivity index (χ1v) is 1.77. The number of ether oxygens (including phenoxy) is 1. The number of halogens is 1. The van der Waals surface area contributed by atoms with Gasteiger partial charge in [0.25, 0.3) is 0 Å². The van der Waals surface area contributed by atoms with Gasteiger partial charge in [-0.2, -0.15) is 0 Å². The third-order valence-corrected chi connectivity index (χ3v) is 0.595. The van der Waals surface area contributed by atoms with Crippen molar-refractivity contribution in [2.75, 3.05) is 6.61 Å². The first-order chi connectivity index (χ1) is 2.50. The molecule has 0 bridgehead atoms. The summed E-state index contributed by atoms with van der Waals surface area (Å²) < 4.78 is 4.76. The van der Waals surface area contributed by atoms with Gasteiger partial charge in [-0.25, -0.2) is 0 Å². The number of hydrogen-bond donors (Lipinski definition) is 0. The van der Waals surface area contributed by atoms with E-state index >= 15 is 0 Å². The van der Waals surface area contributed by atoms with Gasteiger partial charge in [0, 0.05) is 6.42 Å². The minimum Gasteiger partial charge on any atom is -0.501 e. The van der Waals surface area contributed by atoms with Crippen LogP contribution in [0.3, 0.4) is 0 Å². The normalized spacial score (nSPS) is 16.0. The highest BCUT2D eigenvalue weighted by atomic mass is 19.0. The molecule has 36 valence electrons. The lowest BCUT2D eigenvalue weighted by atomic mass is 10.5. The second kappa shape index (κ2) is 2.69. The molecular weight excluding hydrogens is 83.0 g/mol. The van der Waals surface area contributed by atoms with Crippen LogP contribution < -0.4 is 0 Å². The largest absolute Gasteiger partial charge is 0.501 e. The van der Waals surface area contributed by atoms with Crippen LogP contribution in [0.2, 0.25) is 0 Å². The molecule has 1 heterocycles. The molecule has 0 saturated carbocycles. The van der Waals surface area contributed by atoms with E-state index in [2.05, 4.69) is 0 Å². The molecule has 0 amide bonds. The number of rotatable bonds is 0. The van der Waals surface area contributed by atoms with Gasteiger partial charge in [0.2, 0.25) is 0 Å². The summed E-state index contributed by atoms with van der Waals surface area (Å²) in [5.41, 5.74) is 0. The maximum Gasteiger partial charge on any atom is 0.0908 e. The van der Waals surface area contributed by atoms with E-state index in [1.165, 1.54) is 0 Å². The zero-order valence-electron chi connectivity index (χ0n) is 3.39. The van der Waals surface area contributed by atoms with Crippen LogP contribution in [0.5, 0.6) is 0 Å². The van der Waals surface area contributed by atoms with Crippen molar-refractivity contribution in [1.82, 2.24) is 0 Å². The molecule has 6 heavy (non-hydrogen) atoms. The molecular formula is C4H7FO. The number of hydrogen-bond acceptors (Lipinski definition) is 1. The second-order valence-electron chi connectivity index (χ2n) is 1.03. The maximum atomic E-state index is 4.76. The van der Waals surface area contributed by atoms with Crippen LogP contribution in [-0.2, 0) is 4.74 Å². The molecule has 0 aromatic heterocycles. The lowest BCUT2D eigenvalue weighted by Gasteiger charge is -1.79. The molecule has 0 radical (unpaired) electrons. The van der Waals surface area contributed by atoms with Crippen LogP contribution in [0, 0.1) is 0 Å². The Labute approximate surface area is 36.0 Å². The Morgan fingerprint density at radius 3 is 2.50 bits per heavy atom. The minimum absolute atomic E-state index is 0. The molecule has 0 N–H and O–H groups in total. The van der Waals surface area contributed by atoms with Crippen molar-refractivity contribution in [3.63, 3.8) is 0 Å². The highest BCUT2D eigenvalue weighted by Crippen LogP contribution is 1.93. The average molecular weight is 90.1 g/mol. The standard InChI is InChI=1S/C4H6O.FH/c1-2-4-5-3-1;/h1,3H,2,4H2;1H. The summed E-state index contributed by atoms with van der Waals surface area (Å²) in [6, 6.07) is 0. The summed E-state index contributed by atoms with van der Waals surface area (Å²) in [4.78, 5) is 0. The smallest absolute Gasteiger partial charge is 0.0908 e.